The van der Waals surface area contributed by atoms with E-state index in [-0.39, 0.29) is 0 Å². The lowest BCUT2D eigenvalue weighted by molar-refractivity contribution is 0.249. The molecule has 0 bridgehead atoms. The molecule has 1 aromatic heterocycles. The van der Waals surface area contributed by atoms with E-state index in [1.165, 1.54) is 5.56 Å². The number of H-pyrrole nitrogens is 1. The third-order valence-electron chi connectivity index (χ3n) is 5.94. The van der Waals surface area contributed by atoms with E-state index < -0.39 is 0 Å². The smallest absolute Gasteiger partial charge is 0.138 e. The molecule has 1 heterocycles. The van der Waals surface area contributed by atoms with Crippen LogP contribution in [-0.4, -0.2) is 47.7 Å². The molecule has 0 unspecified atom stereocenters. The summed E-state index contributed by atoms with van der Waals surface area (Å²) in [5.74, 6) is 2.54. The number of aromatic amines is 1. The molecule has 4 aromatic rings. The molecule has 0 fully saturated rings. The van der Waals surface area contributed by atoms with Crippen LogP contribution in [-0.2, 0) is 6.42 Å². The highest BCUT2D eigenvalue weighted by atomic mass is 35.5. The fraction of sp³-hybridized carbons (Fsp3) is 0.321. The summed E-state index contributed by atoms with van der Waals surface area (Å²) in [5.41, 5.74) is 4.12. The van der Waals surface area contributed by atoms with Gasteiger partial charge in [-0.1, -0.05) is 37.6 Å². The lowest BCUT2D eigenvalue weighted by Crippen LogP contribution is -2.25. The summed E-state index contributed by atoms with van der Waals surface area (Å²) in [6, 6.07) is 21.9. The van der Waals surface area contributed by atoms with E-state index in [2.05, 4.69) is 23.7 Å². The molecule has 0 amide bonds. The van der Waals surface area contributed by atoms with Crippen molar-refractivity contribution in [3.05, 3.63) is 77.3 Å². The van der Waals surface area contributed by atoms with Crippen LogP contribution in [0.3, 0.4) is 0 Å². The average Bonchev–Trinajstić information content (AvgIpc) is 3.29. The Morgan fingerprint density at radius 3 is 2.29 bits per heavy atom. The molecule has 5 nitrogen and oxygen atoms in total. The summed E-state index contributed by atoms with van der Waals surface area (Å²) >= 11 is 5.94. The predicted molar refractivity (Wildman–Crippen MR) is 140 cm³/mol. The van der Waals surface area contributed by atoms with Crippen molar-refractivity contribution in [2.24, 2.45) is 0 Å². The maximum atomic E-state index is 5.96. The number of halogens is 1. The summed E-state index contributed by atoms with van der Waals surface area (Å²) in [6.45, 7) is 8.93. The number of benzene rings is 3. The molecule has 0 aliphatic heterocycles. The first-order valence-electron chi connectivity index (χ1n) is 12.0. The van der Waals surface area contributed by atoms with Gasteiger partial charge in [0.15, 0.2) is 0 Å². The second-order valence-corrected chi connectivity index (χ2v) is 8.68. The molecular weight excluding hydrogens is 446 g/mol. The number of imidazole rings is 1. The summed E-state index contributed by atoms with van der Waals surface area (Å²) < 4.78 is 11.9. The van der Waals surface area contributed by atoms with Crippen LogP contribution in [0.5, 0.6) is 11.5 Å². The molecule has 4 rings (SSSR count). The minimum atomic E-state index is 0.614. The quantitative estimate of drug-likeness (QED) is 0.233. The third kappa shape index (κ3) is 6.52. The van der Waals surface area contributed by atoms with Gasteiger partial charge in [-0.15, -0.1) is 0 Å². The van der Waals surface area contributed by atoms with Crippen molar-refractivity contribution in [3.63, 3.8) is 0 Å². The molecule has 0 saturated heterocycles. The number of rotatable bonds is 12. The van der Waals surface area contributed by atoms with Crippen molar-refractivity contribution in [1.82, 2.24) is 14.9 Å². The lowest BCUT2D eigenvalue weighted by atomic mass is 10.2. The van der Waals surface area contributed by atoms with E-state index in [0.717, 1.165) is 71.4 Å². The molecule has 0 aliphatic carbocycles. The van der Waals surface area contributed by atoms with Crippen LogP contribution in [0.25, 0.3) is 22.4 Å². The highest BCUT2D eigenvalue weighted by Gasteiger charge is 2.08. The lowest BCUT2D eigenvalue weighted by Gasteiger charge is -2.17. The van der Waals surface area contributed by atoms with Crippen LogP contribution in [0.2, 0.25) is 5.02 Å². The normalized spacial score (nSPS) is 11.3. The second-order valence-electron chi connectivity index (χ2n) is 8.24. The monoisotopic (exact) mass is 477 g/mol. The Balaban J connectivity index is 1.31. The van der Waals surface area contributed by atoms with Gasteiger partial charge in [0.2, 0.25) is 0 Å². The van der Waals surface area contributed by atoms with Gasteiger partial charge in [-0.25, -0.2) is 4.98 Å². The summed E-state index contributed by atoms with van der Waals surface area (Å²) in [5, 5.41) is 0.750. The van der Waals surface area contributed by atoms with Gasteiger partial charge >= 0.3 is 0 Å². The molecule has 3 aromatic carbocycles. The average molecular weight is 478 g/mol. The van der Waals surface area contributed by atoms with Crippen LogP contribution >= 0.6 is 11.6 Å². The standard InChI is InChI=1S/C28H32ClN3O2/c1-3-32(4-2)17-5-18-33-25-14-15-26-27(20-25)31-28(30-26)22-8-12-24(13-9-22)34-19-16-21-6-10-23(29)11-7-21/h6-15,20H,3-5,16-19H2,1-2H3,(H,30,31). The van der Waals surface area contributed by atoms with Crippen molar-refractivity contribution in [3.8, 4) is 22.9 Å². The topological polar surface area (TPSA) is 50.4 Å². The van der Waals surface area contributed by atoms with E-state index in [1.807, 2.05) is 66.7 Å². The first-order chi connectivity index (χ1) is 16.6. The van der Waals surface area contributed by atoms with Gasteiger partial charge in [-0.05, 0) is 73.6 Å². The SMILES string of the molecule is CCN(CC)CCCOc1ccc2nc(-c3ccc(OCCc4ccc(Cl)cc4)cc3)[nH]c2c1. The minimum absolute atomic E-state index is 0.614. The minimum Gasteiger partial charge on any atom is -0.493 e. The van der Waals surface area contributed by atoms with Crippen molar-refractivity contribution in [1.29, 1.82) is 0 Å². The zero-order chi connectivity index (χ0) is 23.8. The number of nitrogens with one attached hydrogen (secondary N) is 1. The second kappa shape index (κ2) is 11.9. The number of nitrogens with zero attached hydrogens (tertiary/aromatic N) is 2. The summed E-state index contributed by atoms with van der Waals surface area (Å²) in [7, 11) is 0. The van der Waals surface area contributed by atoms with E-state index in [4.69, 9.17) is 26.1 Å². The largest absolute Gasteiger partial charge is 0.493 e. The number of hydrogen-bond acceptors (Lipinski definition) is 4. The first-order valence-corrected chi connectivity index (χ1v) is 12.3. The first kappa shape index (κ1) is 24.1. The Morgan fingerprint density at radius 1 is 0.853 bits per heavy atom. The van der Waals surface area contributed by atoms with E-state index in [0.29, 0.717) is 13.2 Å². The molecule has 178 valence electrons. The molecule has 1 N–H and O–H groups in total. The summed E-state index contributed by atoms with van der Waals surface area (Å²) in [6.07, 6.45) is 1.85. The molecule has 0 radical (unpaired) electrons. The van der Waals surface area contributed by atoms with Crippen LogP contribution < -0.4 is 9.47 Å². The Morgan fingerprint density at radius 2 is 1.56 bits per heavy atom. The zero-order valence-electron chi connectivity index (χ0n) is 19.9. The molecule has 34 heavy (non-hydrogen) atoms. The zero-order valence-corrected chi connectivity index (χ0v) is 20.6. The number of aromatic nitrogens is 2. The van der Waals surface area contributed by atoms with Crippen LogP contribution in [0.1, 0.15) is 25.8 Å². The van der Waals surface area contributed by atoms with Crippen molar-refractivity contribution < 1.29 is 9.47 Å². The third-order valence-corrected chi connectivity index (χ3v) is 6.19. The van der Waals surface area contributed by atoms with Gasteiger partial charge in [0.05, 0.1) is 24.2 Å². The number of fused-ring (bicyclic) bond motifs is 1. The predicted octanol–water partition coefficient (Wildman–Crippen LogP) is 6.62. The Kier molecular flexibility index (Phi) is 8.45. The Labute approximate surface area is 206 Å². The Bertz CT molecular complexity index is 1170. The fourth-order valence-electron chi connectivity index (χ4n) is 3.88. The van der Waals surface area contributed by atoms with Gasteiger partial charge in [-0.2, -0.15) is 0 Å². The van der Waals surface area contributed by atoms with Gasteiger partial charge in [0, 0.05) is 29.6 Å². The number of ether oxygens (including phenoxy) is 2. The molecule has 0 atom stereocenters. The van der Waals surface area contributed by atoms with Gasteiger partial charge in [0.25, 0.3) is 0 Å². The van der Waals surface area contributed by atoms with Gasteiger partial charge in [0.1, 0.15) is 17.3 Å². The van der Waals surface area contributed by atoms with Crippen molar-refractivity contribution in [2.75, 3.05) is 32.8 Å². The molecular formula is C28H32ClN3O2. The van der Waals surface area contributed by atoms with E-state index in [9.17, 15) is 0 Å². The highest BCUT2D eigenvalue weighted by molar-refractivity contribution is 6.30. The van der Waals surface area contributed by atoms with Crippen LogP contribution in [0.15, 0.2) is 66.7 Å². The Hall–Kier alpha value is -3.02. The maximum absolute atomic E-state index is 5.96. The van der Waals surface area contributed by atoms with Crippen LogP contribution in [0.4, 0.5) is 0 Å². The molecule has 0 saturated carbocycles. The summed E-state index contributed by atoms with van der Waals surface area (Å²) in [4.78, 5) is 10.6. The van der Waals surface area contributed by atoms with Gasteiger partial charge < -0.3 is 19.4 Å². The fourth-order valence-corrected chi connectivity index (χ4v) is 4.01. The van der Waals surface area contributed by atoms with Gasteiger partial charge in [-0.3, -0.25) is 0 Å². The van der Waals surface area contributed by atoms with Crippen LogP contribution in [0, 0.1) is 0 Å². The maximum Gasteiger partial charge on any atom is 0.138 e. The van der Waals surface area contributed by atoms with Crippen molar-refractivity contribution >= 4 is 22.6 Å². The van der Waals surface area contributed by atoms with Crippen molar-refractivity contribution in [2.45, 2.75) is 26.7 Å². The van der Waals surface area contributed by atoms with E-state index in [1.54, 1.807) is 0 Å². The molecule has 0 spiro atoms. The molecule has 0 aliphatic rings. The highest BCUT2D eigenvalue weighted by Crippen LogP contribution is 2.25. The molecule has 6 heteroatoms. The number of hydrogen-bond donors (Lipinski definition) is 1. The van der Waals surface area contributed by atoms with E-state index >= 15 is 0 Å².